The van der Waals surface area contributed by atoms with Crippen molar-refractivity contribution in [2.75, 3.05) is 5.73 Å². The van der Waals surface area contributed by atoms with Crippen LogP contribution in [-0.2, 0) is 11.2 Å². The molecule has 0 spiro atoms. The second-order valence-electron chi connectivity index (χ2n) is 5.38. The minimum absolute atomic E-state index is 0.150. The first kappa shape index (κ1) is 12.9. The van der Waals surface area contributed by atoms with Crippen molar-refractivity contribution in [3.05, 3.63) is 29.8 Å². The summed E-state index contributed by atoms with van der Waals surface area (Å²) in [6, 6.07) is 8.13. The highest BCUT2D eigenvalue weighted by Gasteiger charge is 2.22. The standard InChI is InChI=1S/C15H22N2O/c1-11-6-8-13(10-11)17-15(18)9-7-12-4-2-3-5-14(12)16/h2-5,11,13H,6-10,16H2,1H3,(H,17,18). The molecule has 3 N–H and O–H groups in total. The van der Waals surface area contributed by atoms with Gasteiger partial charge in [0.1, 0.15) is 0 Å². The summed E-state index contributed by atoms with van der Waals surface area (Å²) < 4.78 is 0. The van der Waals surface area contributed by atoms with E-state index < -0.39 is 0 Å². The lowest BCUT2D eigenvalue weighted by atomic mass is 10.1. The number of nitrogen functional groups attached to an aromatic ring is 1. The molecule has 0 aromatic heterocycles. The number of hydrogen-bond donors (Lipinski definition) is 2. The first-order valence-corrected chi connectivity index (χ1v) is 6.78. The van der Waals surface area contributed by atoms with Gasteiger partial charge in [0.25, 0.3) is 0 Å². The van der Waals surface area contributed by atoms with Gasteiger partial charge in [-0.15, -0.1) is 0 Å². The molecular weight excluding hydrogens is 224 g/mol. The van der Waals surface area contributed by atoms with E-state index in [1.807, 2.05) is 24.3 Å². The number of para-hydroxylation sites is 1. The van der Waals surface area contributed by atoms with Crippen LogP contribution in [0.4, 0.5) is 5.69 Å². The van der Waals surface area contributed by atoms with Crippen LogP contribution >= 0.6 is 0 Å². The Morgan fingerprint density at radius 2 is 2.17 bits per heavy atom. The monoisotopic (exact) mass is 246 g/mol. The second kappa shape index (κ2) is 5.89. The number of carbonyl (C=O) groups excluding carboxylic acids is 1. The van der Waals surface area contributed by atoms with Crippen LogP contribution in [-0.4, -0.2) is 11.9 Å². The van der Waals surface area contributed by atoms with Gasteiger partial charge in [-0.2, -0.15) is 0 Å². The van der Waals surface area contributed by atoms with E-state index in [1.165, 1.54) is 6.42 Å². The van der Waals surface area contributed by atoms with Crippen LogP contribution in [0.15, 0.2) is 24.3 Å². The minimum atomic E-state index is 0.150. The summed E-state index contributed by atoms with van der Waals surface area (Å²) in [7, 11) is 0. The molecule has 1 aliphatic rings. The maximum atomic E-state index is 11.8. The third-order valence-electron chi connectivity index (χ3n) is 3.74. The Morgan fingerprint density at radius 3 is 2.83 bits per heavy atom. The van der Waals surface area contributed by atoms with Crippen LogP contribution in [0.3, 0.4) is 0 Å². The number of aryl methyl sites for hydroxylation is 1. The minimum Gasteiger partial charge on any atom is -0.399 e. The fourth-order valence-corrected chi connectivity index (χ4v) is 2.65. The van der Waals surface area contributed by atoms with E-state index in [2.05, 4.69) is 12.2 Å². The van der Waals surface area contributed by atoms with Gasteiger partial charge in [-0.05, 0) is 43.2 Å². The quantitative estimate of drug-likeness (QED) is 0.802. The summed E-state index contributed by atoms with van der Waals surface area (Å²) >= 11 is 0. The van der Waals surface area contributed by atoms with Crippen molar-refractivity contribution in [1.82, 2.24) is 5.32 Å². The number of benzene rings is 1. The highest BCUT2D eigenvalue weighted by Crippen LogP contribution is 2.24. The molecule has 0 bridgehead atoms. The fraction of sp³-hybridized carbons (Fsp3) is 0.533. The Balaban J connectivity index is 1.77. The summed E-state index contributed by atoms with van der Waals surface area (Å²) in [6.07, 6.45) is 4.73. The fourth-order valence-electron chi connectivity index (χ4n) is 2.65. The normalized spacial score (nSPS) is 22.9. The van der Waals surface area contributed by atoms with E-state index in [1.54, 1.807) is 0 Å². The zero-order valence-corrected chi connectivity index (χ0v) is 11.0. The molecule has 1 saturated carbocycles. The van der Waals surface area contributed by atoms with E-state index in [9.17, 15) is 4.79 Å². The van der Waals surface area contributed by atoms with Gasteiger partial charge in [-0.25, -0.2) is 0 Å². The summed E-state index contributed by atoms with van der Waals surface area (Å²) in [5, 5.41) is 3.12. The Bertz CT molecular complexity index is 417. The molecule has 1 fully saturated rings. The molecule has 1 aromatic rings. The predicted octanol–water partition coefficient (Wildman–Crippen LogP) is 2.51. The molecule has 3 heteroatoms. The lowest BCUT2D eigenvalue weighted by molar-refractivity contribution is -0.121. The molecule has 0 aliphatic heterocycles. The average molecular weight is 246 g/mol. The van der Waals surface area contributed by atoms with Gasteiger partial charge in [0.05, 0.1) is 0 Å². The Kier molecular flexibility index (Phi) is 4.24. The van der Waals surface area contributed by atoms with E-state index in [0.717, 1.165) is 36.4 Å². The van der Waals surface area contributed by atoms with Crippen LogP contribution in [0.2, 0.25) is 0 Å². The van der Waals surface area contributed by atoms with E-state index in [4.69, 9.17) is 5.73 Å². The first-order valence-electron chi connectivity index (χ1n) is 6.78. The Morgan fingerprint density at radius 1 is 1.39 bits per heavy atom. The molecule has 1 aromatic carbocycles. The average Bonchev–Trinajstić information content (AvgIpc) is 2.74. The van der Waals surface area contributed by atoms with Crippen LogP contribution in [0.1, 0.15) is 38.2 Å². The van der Waals surface area contributed by atoms with Gasteiger partial charge < -0.3 is 11.1 Å². The van der Waals surface area contributed by atoms with Crippen molar-refractivity contribution in [3.63, 3.8) is 0 Å². The molecule has 0 radical (unpaired) electrons. The maximum absolute atomic E-state index is 11.8. The largest absolute Gasteiger partial charge is 0.399 e. The molecule has 1 aliphatic carbocycles. The molecule has 2 rings (SSSR count). The molecule has 2 atom stereocenters. The smallest absolute Gasteiger partial charge is 0.220 e. The highest BCUT2D eigenvalue weighted by molar-refractivity contribution is 5.76. The van der Waals surface area contributed by atoms with E-state index in [-0.39, 0.29) is 5.91 Å². The van der Waals surface area contributed by atoms with Crippen LogP contribution < -0.4 is 11.1 Å². The predicted molar refractivity (Wildman–Crippen MR) is 74.1 cm³/mol. The third-order valence-corrected chi connectivity index (χ3v) is 3.74. The second-order valence-corrected chi connectivity index (χ2v) is 5.38. The number of carbonyl (C=O) groups is 1. The summed E-state index contributed by atoms with van der Waals surface area (Å²) in [5.74, 6) is 0.900. The van der Waals surface area contributed by atoms with Gasteiger partial charge in [-0.1, -0.05) is 25.1 Å². The topological polar surface area (TPSA) is 55.1 Å². The molecular formula is C15H22N2O. The van der Waals surface area contributed by atoms with Crippen molar-refractivity contribution in [1.29, 1.82) is 0 Å². The van der Waals surface area contributed by atoms with Crippen molar-refractivity contribution >= 4 is 11.6 Å². The number of rotatable bonds is 4. The van der Waals surface area contributed by atoms with Gasteiger partial charge >= 0.3 is 0 Å². The van der Waals surface area contributed by atoms with Crippen molar-refractivity contribution < 1.29 is 4.79 Å². The number of hydrogen-bond acceptors (Lipinski definition) is 2. The molecule has 2 unspecified atom stereocenters. The first-order chi connectivity index (χ1) is 8.65. The molecule has 98 valence electrons. The maximum Gasteiger partial charge on any atom is 0.220 e. The van der Waals surface area contributed by atoms with Crippen LogP contribution in [0.5, 0.6) is 0 Å². The lowest BCUT2D eigenvalue weighted by Crippen LogP contribution is -2.33. The Hall–Kier alpha value is -1.51. The molecule has 0 heterocycles. The SMILES string of the molecule is CC1CCC(NC(=O)CCc2ccccc2N)C1. The number of amides is 1. The zero-order valence-electron chi connectivity index (χ0n) is 11.0. The summed E-state index contributed by atoms with van der Waals surface area (Å²) in [4.78, 5) is 11.8. The number of anilines is 1. The summed E-state index contributed by atoms with van der Waals surface area (Å²) in [6.45, 7) is 2.25. The highest BCUT2D eigenvalue weighted by atomic mass is 16.1. The van der Waals surface area contributed by atoms with Crippen molar-refractivity contribution in [2.24, 2.45) is 5.92 Å². The Labute approximate surface area is 109 Å². The van der Waals surface area contributed by atoms with Gasteiger partial charge in [-0.3, -0.25) is 4.79 Å². The number of nitrogens with two attached hydrogens (primary N) is 1. The third kappa shape index (κ3) is 3.49. The molecule has 1 amide bonds. The molecule has 3 nitrogen and oxygen atoms in total. The van der Waals surface area contributed by atoms with Gasteiger partial charge in [0.2, 0.25) is 5.91 Å². The van der Waals surface area contributed by atoms with E-state index in [0.29, 0.717) is 12.5 Å². The van der Waals surface area contributed by atoms with Crippen molar-refractivity contribution in [3.8, 4) is 0 Å². The van der Waals surface area contributed by atoms with Crippen LogP contribution in [0, 0.1) is 5.92 Å². The van der Waals surface area contributed by atoms with Gasteiger partial charge in [0, 0.05) is 18.2 Å². The zero-order chi connectivity index (χ0) is 13.0. The molecule has 18 heavy (non-hydrogen) atoms. The number of nitrogens with one attached hydrogen (secondary N) is 1. The van der Waals surface area contributed by atoms with Crippen LogP contribution in [0.25, 0.3) is 0 Å². The van der Waals surface area contributed by atoms with E-state index >= 15 is 0 Å². The van der Waals surface area contributed by atoms with Crippen molar-refractivity contribution in [2.45, 2.75) is 45.1 Å². The summed E-state index contributed by atoms with van der Waals surface area (Å²) in [5.41, 5.74) is 7.70. The van der Waals surface area contributed by atoms with Gasteiger partial charge in [0.15, 0.2) is 0 Å². The molecule has 0 saturated heterocycles. The lowest BCUT2D eigenvalue weighted by Gasteiger charge is -2.12.